The van der Waals surface area contributed by atoms with Gasteiger partial charge in [-0.3, -0.25) is 9.48 Å². The van der Waals surface area contributed by atoms with E-state index in [1.807, 2.05) is 63.4 Å². The number of nitrogens with one attached hydrogen (secondary N) is 1. The summed E-state index contributed by atoms with van der Waals surface area (Å²) in [6, 6.07) is 7.49. The number of aryl methyl sites for hydroxylation is 1. The van der Waals surface area contributed by atoms with Gasteiger partial charge in [0, 0.05) is 38.6 Å². The van der Waals surface area contributed by atoms with E-state index in [9.17, 15) is 4.79 Å². The van der Waals surface area contributed by atoms with Crippen molar-refractivity contribution in [1.82, 2.24) is 15.1 Å². The highest BCUT2D eigenvalue weighted by Gasteiger charge is 2.16. The second-order valence-corrected chi connectivity index (χ2v) is 5.05. The summed E-state index contributed by atoms with van der Waals surface area (Å²) in [5, 5.41) is 7.12. The number of benzene rings is 1. The molecule has 1 unspecified atom stereocenters. The Morgan fingerprint density at radius 1 is 1.35 bits per heavy atom. The molecule has 0 bridgehead atoms. The van der Waals surface area contributed by atoms with Gasteiger partial charge >= 0.3 is 0 Å². The fourth-order valence-corrected chi connectivity index (χ4v) is 2.08. The second kappa shape index (κ2) is 5.77. The largest absolute Gasteiger partial charge is 0.377 e. The Bertz CT molecular complexity index is 603. The van der Waals surface area contributed by atoms with Crippen LogP contribution in [0, 0.1) is 0 Å². The van der Waals surface area contributed by atoms with Crippen molar-refractivity contribution in [2.24, 2.45) is 7.05 Å². The van der Waals surface area contributed by atoms with Crippen molar-refractivity contribution in [1.29, 1.82) is 0 Å². The first-order chi connectivity index (χ1) is 9.49. The first-order valence-corrected chi connectivity index (χ1v) is 6.55. The molecule has 1 aromatic heterocycles. The third-order valence-corrected chi connectivity index (χ3v) is 3.20. The van der Waals surface area contributed by atoms with Gasteiger partial charge in [-0.05, 0) is 19.1 Å². The van der Waals surface area contributed by atoms with Gasteiger partial charge in [0.15, 0.2) is 0 Å². The molecule has 0 aliphatic rings. The molecule has 5 nitrogen and oxygen atoms in total. The van der Waals surface area contributed by atoms with Crippen molar-refractivity contribution >= 4 is 11.6 Å². The molecule has 0 saturated carbocycles. The zero-order valence-electron chi connectivity index (χ0n) is 12.3. The summed E-state index contributed by atoms with van der Waals surface area (Å²) in [6.07, 6.45) is 3.67. The number of hydrogen-bond acceptors (Lipinski definition) is 3. The molecule has 0 saturated heterocycles. The predicted octanol–water partition coefficient (Wildman–Crippen LogP) is 1.98. The molecule has 5 heteroatoms. The molecule has 1 heterocycles. The van der Waals surface area contributed by atoms with E-state index in [1.54, 1.807) is 10.9 Å². The van der Waals surface area contributed by atoms with Gasteiger partial charge < -0.3 is 10.2 Å². The molecule has 1 atom stereocenters. The van der Waals surface area contributed by atoms with Gasteiger partial charge in [-0.1, -0.05) is 12.1 Å². The number of rotatable bonds is 4. The molecule has 0 spiro atoms. The molecule has 20 heavy (non-hydrogen) atoms. The van der Waals surface area contributed by atoms with Crippen LogP contribution in [0.2, 0.25) is 0 Å². The fraction of sp³-hybridized carbons (Fsp3) is 0.333. The van der Waals surface area contributed by atoms with Gasteiger partial charge in [0.25, 0.3) is 5.91 Å². The first kappa shape index (κ1) is 14.1. The Kier molecular flexibility index (Phi) is 4.08. The van der Waals surface area contributed by atoms with Crippen molar-refractivity contribution in [3.63, 3.8) is 0 Å². The smallest absolute Gasteiger partial charge is 0.253 e. The Hall–Kier alpha value is -2.30. The average molecular weight is 272 g/mol. The van der Waals surface area contributed by atoms with Crippen LogP contribution in [0.3, 0.4) is 0 Å². The molecular formula is C15H20N4O. The summed E-state index contributed by atoms with van der Waals surface area (Å²) in [5.74, 6) is -0.0781. The topological polar surface area (TPSA) is 50.2 Å². The molecule has 2 rings (SSSR count). The van der Waals surface area contributed by atoms with E-state index in [0.29, 0.717) is 5.56 Å². The lowest BCUT2D eigenvalue weighted by Gasteiger charge is -2.18. The summed E-state index contributed by atoms with van der Waals surface area (Å²) >= 11 is 0. The number of amides is 1. The van der Waals surface area contributed by atoms with Crippen molar-refractivity contribution in [3.05, 3.63) is 47.8 Å². The number of carbonyl (C=O) groups is 1. The number of para-hydroxylation sites is 1. The van der Waals surface area contributed by atoms with Crippen LogP contribution in [0.4, 0.5) is 5.69 Å². The molecule has 106 valence electrons. The quantitative estimate of drug-likeness (QED) is 0.926. The lowest BCUT2D eigenvalue weighted by Crippen LogP contribution is -2.28. The van der Waals surface area contributed by atoms with Crippen molar-refractivity contribution in [2.45, 2.75) is 13.0 Å². The van der Waals surface area contributed by atoms with Gasteiger partial charge in [-0.15, -0.1) is 0 Å². The number of hydrogen-bond donors (Lipinski definition) is 1. The van der Waals surface area contributed by atoms with Gasteiger partial charge in [0.1, 0.15) is 0 Å². The maximum Gasteiger partial charge on any atom is 0.253 e. The van der Waals surface area contributed by atoms with Crippen LogP contribution in [-0.2, 0) is 7.05 Å². The number of anilines is 1. The third-order valence-electron chi connectivity index (χ3n) is 3.20. The molecule has 2 aromatic rings. The molecule has 0 aliphatic carbocycles. The molecule has 1 N–H and O–H groups in total. The normalized spacial score (nSPS) is 12.0. The lowest BCUT2D eigenvalue weighted by molar-refractivity contribution is 0.0940. The van der Waals surface area contributed by atoms with Crippen LogP contribution in [0.5, 0.6) is 0 Å². The first-order valence-electron chi connectivity index (χ1n) is 6.55. The van der Waals surface area contributed by atoms with E-state index >= 15 is 0 Å². The maximum atomic E-state index is 12.4. The van der Waals surface area contributed by atoms with Crippen molar-refractivity contribution in [3.8, 4) is 0 Å². The molecule has 1 aromatic carbocycles. The lowest BCUT2D eigenvalue weighted by atomic mass is 10.1. The Labute approximate surface area is 119 Å². The highest BCUT2D eigenvalue weighted by atomic mass is 16.1. The standard InChI is InChI=1S/C15H20N4O/c1-11(12-9-16-19(4)10-12)17-15(20)13-7-5-6-8-14(13)18(2)3/h5-11H,1-4H3,(H,17,20). The van der Waals surface area contributed by atoms with Crippen LogP contribution in [0.15, 0.2) is 36.7 Å². The Morgan fingerprint density at radius 3 is 2.65 bits per heavy atom. The summed E-state index contributed by atoms with van der Waals surface area (Å²) in [6.45, 7) is 1.95. The molecule has 1 amide bonds. The van der Waals surface area contributed by atoms with Crippen LogP contribution < -0.4 is 10.2 Å². The van der Waals surface area contributed by atoms with E-state index < -0.39 is 0 Å². The monoisotopic (exact) mass is 272 g/mol. The van der Waals surface area contributed by atoms with Gasteiger partial charge in [-0.2, -0.15) is 5.10 Å². The summed E-state index contributed by atoms with van der Waals surface area (Å²) in [5.41, 5.74) is 2.57. The fourth-order valence-electron chi connectivity index (χ4n) is 2.08. The van der Waals surface area contributed by atoms with Gasteiger partial charge in [0.05, 0.1) is 17.8 Å². The SMILES string of the molecule is CC(NC(=O)c1ccccc1N(C)C)c1cnn(C)c1. The number of carbonyl (C=O) groups excluding carboxylic acids is 1. The van der Waals surface area contributed by atoms with E-state index in [2.05, 4.69) is 10.4 Å². The van der Waals surface area contributed by atoms with E-state index in [-0.39, 0.29) is 11.9 Å². The van der Waals surface area contributed by atoms with Crippen LogP contribution in [-0.4, -0.2) is 29.8 Å². The predicted molar refractivity (Wildman–Crippen MR) is 79.9 cm³/mol. The zero-order valence-corrected chi connectivity index (χ0v) is 12.3. The van der Waals surface area contributed by atoms with Gasteiger partial charge in [-0.25, -0.2) is 0 Å². The third kappa shape index (κ3) is 2.99. The summed E-state index contributed by atoms with van der Waals surface area (Å²) in [4.78, 5) is 14.3. The van der Waals surface area contributed by atoms with E-state index in [4.69, 9.17) is 0 Å². The highest BCUT2D eigenvalue weighted by Crippen LogP contribution is 2.19. The number of nitrogens with zero attached hydrogens (tertiary/aromatic N) is 3. The molecular weight excluding hydrogens is 252 g/mol. The Morgan fingerprint density at radius 2 is 2.05 bits per heavy atom. The van der Waals surface area contributed by atoms with E-state index in [0.717, 1.165) is 11.3 Å². The van der Waals surface area contributed by atoms with Crippen LogP contribution in [0.25, 0.3) is 0 Å². The molecule has 0 aliphatic heterocycles. The maximum absolute atomic E-state index is 12.4. The summed E-state index contributed by atoms with van der Waals surface area (Å²) in [7, 11) is 5.71. The zero-order chi connectivity index (χ0) is 14.7. The minimum Gasteiger partial charge on any atom is -0.377 e. The molecule has 0 radical (unpaired) electrons. The Balaban J connectivity index is 2.16. The summed E-state index contributed by atoms with van der Waals surface area (Å²) < 4.78 is 1.73. The minimum absolute atomic E-state index is 0.0774. The average Bonchev–Trinajstić information content (AvgIpc) is 2.85. The van der Waals surface area contributed by atoms with Crippen molar-refractivity contribution < 1.29 is 4.79 Å². The molecule has 0 fully saturated rings. The van der Waals surface area contributed by atoms with Crippen LogP contribution >= 0.6 is 0 Å². The van der Waals surface area contributed by atoms with E-state index in [1.165, 1.54) is 0 Å². The van der Waals surface area contributed by atoms with Crippen LogP contribution in [0.1, 0.15) is 28.9 Å². The minimum atomic E-state index is -0.0781. The highest BCUT2D eigenvalue weighted by molar-refractivity contribution is 5.99. The number of aromatic nitrogens is 2. The second-order valence-electron chi connectivity index (χ2n) is 5.05. The van der Waals surface area contributed by atoms with Crippen molar-refractivity contribution in [2.75, 3.05) is 19.0 Å². The van der Waals surface area contributed by atoms with Gasteiger partial charge in [0.2, 0.25) is 0 Å².